The van der Waals surface area contributed by atoms with Gasteiger partial charge in [-0.15, -0.1) is 0 Å². The minimum atomic E-state index is -0.553. The fourth-order valence-corrected chi connectivity index (χ4v) is 1.80. The number of rotatable bonds is 5. The molecule has 0 bridgehead atoms. The number of amides is 1. The molecule has 0 aromatic heterocycles. The van der Waals surface area contributed by atoms with Crippen LogP contribution in [0.4, 0.5) is 0 Å². The number of carbonyl (C=O) groups excluding carboxylic acids is 1. The van der Waals surface area contributed by atoms with E-state index in [4.69, 9.17) is 11.6 Å². The summed E-state index contributed by atoms with van der Waals surface area (Å²) in [6, 6.07) is 7.77. The van der Waals surface area contributed by atoms with Crippen LogP contribution in [0.15, 0.2) is 24.3 Å². The van der Waals surface area contributed by atoms with Crippen LogP contribution in [0.25, 0.3) is 0 Å². The van der Waals surface area contributed by atoms with Gasteiger partial charge in [0.25, 0.3) is 0 Å². The molecule has 4 heteroatoms. The third-order valence-electron chi connectivity index (χ3n) is 3.00. The highest BCUT2D eigenvalue weighted by atomic mass is 35.5. The summed E-state index contributed by atoms with van der Waals surface area (Å²) in [5.74, 6) is -0.000437. The largest absolute Gasteiger partial charge is 0.352 e. The highest BCUT2D eigenvalue weighted by molar-refractivity contribution is 6.30. The predicted octanol–water partition coefficient (Wildman–Crippen LogP) is 2.39. The molecule has 1 aromatic carbocycles. The Morgan fingerprint density at radius 3 is 2.67 bits per heavy atom. The van der Waals surface area contributed by atoms with Crippen molar-refractivity contribution >= 4 is 17.5 Å². The second kappa shape index (κ2) is 6.21. The summed E-state index contributed by atoms with van der Waals surface area (Å²) in [5.41, 5.74) is 0.570. The third kappa shape index (κ3) is 4.31. The molecule has 1 unspecified atom stereocenters. The second-order valence-corrected chi connectivity index (χ2v) is 5.52. The molecule has 0 saturated heterocycles. The number of hydrogen-bond acceptors (Lipinski definition) is 2. The van der Waals surface area contributed by atoms with Gasteiger partial charge in [0.15, 0.2) is 0 Å². The zero-order valence-corrected chi connectivity index (χ0v) is 12.1. The molecule has 3 nitrogen and oxygen atoms in total. The molecule has 1 atom stereocenters. The van der Waals surface area contributed by atoms with E-state index >= 15 is 0 Å². The molecule has 0 heterocycles. The Bertz CT molecular complexity index is 418. The normalized spacial score (nSPS) is 13.2. The molecule has 0 aliphatic rings. The molecule has 0 fully saturated rings. The van der Waals surface area contributed by atoms with Crippen LogP contribution in [0, 0.1) is 0 Å². The Balaban J connectivity index is 2.57. The fourth-order valence-electron chi connectivity index (χ4n) is 1.59. The van der Waals surface area contributed by atoms with E-state index in [1.165, 1.54) is 0 Å². The van der Waals surface area contributed by atoms with Crippen molar-refractivity contribution in [3.8, 4) is 0 Å². The van der Waals surface area contributed by atoms with E-state index in [0.29, 0.717) is 0 Å². The van der Waals surface area contributed by atoms with Gasteiger partial charge in [-0.3, -0.25) is 4.79 Å². The van der Waals surface area contributed by atoms with Gasteiger partial charge in [0, 0.05) is 11.1 Å². The van der Waals surface area contributed by atoms with Gasteiger partial charge >= 0.3 is 0 Å². The Hall–Kier alpha value is -1.06. The number of hydrogen-bond donors (Lipinski definition) is 2. The van der Waals surface area contributed by atoms with E-state index in [1.807, 2.05) is 45.0 Å². The minimum absolute atomic E-state index is 0.000437. The van der Waals surface area contributed by atoms with Crippen molar-refractivity contribution in [2.24, 2.45) is 0 Å². The first-order valence-electron chi connectivity index (χ1n) is 6.09. The molecule has 0 aliphatic heterocycles. The third-order valence-corrected chi connectivity index (χ3v) is 3.24. The summed E-state index contributed by atoms with van der Waals surface area (Å²) in [4.78, 5) is 12.0. The fraction of sp³-hybridized carbons (Fsp3) is 0.500. The quantitative estimate of drug-likeness (QED) is 0.861. The molecule has 0 aliphatic carbocycles. The van der Waals surface area contributed by atoms with Crippen molar-refractivity contribution in [2.45, 2.75) is 38.8 Å². The number of halogens is 1. The van der Waals surface area contributed by atoms with Crippen LogP contribution in [0.5, 0.6) is 0 Å². The van der Waals surface area contributed by atoms with Crippen molar-refractivity contribution < 1.29 is 4.79 Å². The van der Waals surface area contributed by atoms with Gasteiger partial charge in [-0.05, 0) is 51.9 Å². The highest BCUT2D eigenvalue weighted by Crippen LogP contribution is 2.12. The highest BCUT2D eigenvalue weighted by Gasteiger charge is 2.26. The number of likely N-dealkylation sites (N-methyl/N-ethyl adjacent to an activating group) is 1. The van der Waals surface area contributed by atoms with Gasteiger partial charge in [-0.1, -0.05) is 23.7 Å². The van der Waals surface area contributed by atoms with Crippen molar-refractivity contribution in [1.82, 2.24) is 10.6 Å². The SMILES string of the molecule is CNC(C)(C)C(=O)NC(C)Cc1cccc(Cl)c1. The number of benzene rings is 1. The monoisotopic (exact) mass is 268 g/mol. The Labute approximate surface area is 114 Å². The Morgan fingerprint density at radius 1 is 1.44 bits per heavy atom. The molecule has 100 valence electrons. The zero-order chi connectivity index (χ0) is 13.8. The summed E-state index contributed by atoms with van der Waals surface area (Å²) in [6.07, 6.45) is 0.770. The topological polar surface area (TPSA) is 41.1 Å². The van der Waals surface area contributed by atoms with Crippen LogP contribution in [-0.2, 0) is 11.2 Å². The van der Waals surface area contributed by atoms with E-state index in [1.54, 1.807) is 7.05 Å². The molecule has 0 radical (unpaired) electrons. The van der Waals surface area contributed by atoms with Gasteiger partial charge in [-0.2, -0.15) is 0 Å². The van der Waals surface area contributed by atoms with Crippen LogP contribution >= 0.6 is 11.6 Å². The zero-order valence-electron chi connectivity index (χ0n) is 11.4. The maximum absolute atomic E-state index is 12.0. The Morgan fingerprint density at radius 2 is 2.11 bits per heavy atom. The Kier molecular flexibility index (Phi) is 5.17. The molecule has 1 aromatic rings. The van der Waals surface area contributed by atoms with E-state index < -0.39 is 5.54 Å². The average molecular weight is 269 g/mol. The van der Waals surface area contributed by atoms with Crippen molar-refractivity contribution in [2.75, 3.05) is 7.05 Å². The lowest BCUT2D eigenvalue weighted by molar-refractivity contribution is -0.126. The van der Waals surface area contributed by atoms with Crippen LogP contribution in [0.1, 0.15) is 26.3 Å². The van der Waals surface area contributed by atoms with Crippen LogP contribution in [0.3, 0.4) is 0 Å². The summed E-state index contributed by atoms with van der Waals surface area (Å²) in [7, 11) is 1.78. The number of carbonyl (C=O) groups is 1. The minimum Gasteiger partial charge on any atom is -0.352 e. The number of nitrogens with one attached hydrogen (secondary N) is 2. The molecule has 2 N–H and O–H groups in total. The van der Waals surface area contributed by atoms with Crippen molar-refractivity contribution in [3.05, 3.63) is 34.9 Å². The molecule has 18 heavy (non-hydrogen) atoms. The first-order chi connectivity index (χ1) is 8.35. The van der Waals surface area contributed by atoms with Gasteiger partial charge in [0.05, 0.1) is 5.54 Å². The molecular weight excluding hydrogens is 248 g/mol. The lowest BCUT2D eigenvalue weighted by Gasteiger charge is -2.25. The first kappa shape index (κ1) is 15.0. The average Bonchev–Trinajstić information content (AvgIpc) is 2.28. The van der Waals surface area contributed by atoms with Gasteiger partial charge in [0.1, 0.15) is 0 Å². The maximum atomic E-state index is 12.0. The van der Waals surface area contributed by atoms with Crippen LogP contribution in [0.2, 0.25) is 5.02 Å². The smallest absolute Gasteiger partial charge is 0.239 e. The summed E-state index contributed by atoms with van der Waals surface area (Å²) >= 11 is 5.93. The first-order valence-corrected chi connectivity index (χ1v) is 6.47. The second-order valence-electron chi connectivity index (χ2n) is 5.08. The van der Waals surface area contributed by atoms with Crippen molar-refractivity contribution in [1.29, 1.82) is 0 Å². The molecule has 1 amide bonds. The van der Waals surface area contributed by atoms with Crippen LogP contribution < -0.4 is 10.6 Å². The maximum Gasteiger partial charge on any atom is 0.239 e. The van der Waals surface area contributed by atoms with Crippen LogP contribution in [-0.4, -0.2) is 24.5 Å². The summed E-state index contributed by atoms with van der Waals surface area (Å²) in [6.45, 7) is 5.70. The lowest BCUT2D eigenvalue weighted by Crippen LogP contribution is -2.53. The summed E-state index contributed by atoms with van der Waals surface area (Å²) in [5, 5.41) is 6.70. The molecule has 0 saturated carbocycles. The molecular formula is C14H21ClN2O. The van der Waals surface area contributed by atoms with E-state index in [0.717, 1.165) is 17.0 Å². The van der Waals surface area contributed by atoms with E-state index in [-0.39, 0.29) is 11.9 Å². The summed E-state index contributed by atoms with van der Waals surface area (Å²) < 4.78 is 0. The standard InChI is InChI=1S/C14H21ClN2O/c1-10(17-13(18)14(2,3)16-4)8-11-6-5-7-12(15)9-11/h5-7,9-10,16H,8H2,1-4H3,(H,17,18). The predicted molar refractivity (Wildman–Crippen MR) is 75.9 cm³/mol. The lowest BCUT2D eigenvalue weighted by atomic mass is 10.0. The molecule has 0 spiro atoms. The van der Waals surface area contributed by atoms with E-state index in [9.17, 15) is 4.79 Å². The van der Waals surface area contributed by atoms with Gasteiger partial charge in [0.2, 0.25) is 5.91 Å². The van der Waals surface area contributed by atoms with Gasteiger partial charge in [-0.25, -0.2) is 0 Å². The van der Waals surface area contributed by atoms with Gasteiger partial charge < -0.3 is 10.6 Å². The van der Waals surface area contributed by atoms with Crippen molar-refractivity contribution in [3.63, 3.8) is 0 Å². The molecule has 1 rings (SSSR count). The van der Waals surface area contributed by atoms with E-state index in [2.05, 4.69) is 10.6 Å².